The van der Waals surface area contributed by atoms with Crippen molar-refractivity contribution in [3.63, 3.8) is 0 Å². The van der Waals surface area contributed by atoms with E-state index in [4.69, 9.17) is 4.74 Å². The number of hydrogen-bond donors (Lipinski definition) is 1. The molecule has 0 unspecified atom stereocenters. The smallest absolute Gasteiger partial charge is 0.223 e. The molecule has 29 heavy (non-hydrogen) atoms. The standard InChI is InChI=1S/C21H25N5O2S/c1-28-16-5-2-4-15(12-16)21(27)24-9-10-26-20(19-6-3-11-29-19)17(13-25-26)18-14-22-7-8-23-18/h3,6-8,11,13-16H,2,4-5,9-10,12H2,1H3,(H,24,27)/t15-,16+/m0/s1. The van der Waals surface area contributed by atoms with Crippen molar-refractivity contribution in [1.29, 1.82) is 0 Å². The second-order valence-corrected chi connectivity index (χ2v) is 8.16. The topological polar surface area (TPSA) is 81.9 Å². The Hall–Kier alpha value is -2.58. The lowest BCUT2D eigenvalue weighted by Crippen LogP contribution is -2.37. The Morgan fingerprint density at radius 1 is 1.34 bits per heavy atom. The van der Waals surface area contributed by atoms with E-state index >= 15 is 0 Å². The number of hydrogen-bond acceptors (Lipinski definition) is 6. The zero-order chi connectivity index (χ0) is 20.1. The second-order valence-electron chi connectivity index (χ2n) is 7.21. The lowest BCUT2D eigenvalue weighted by atomic mass is 9.86. The third kappa shape index (κ3) is 4.54. The minimum Gasteiger partial charge on any atom is -0.381 e. The average molecular weight is 412 g/mol. The Balaban J connectivity index is 1.45. The molecule has 0 aliphatic heterocycles. The van der Waals surface area contributed by atoms with Crippen molar-refractivity contribution in [3.8, 4) is 21.8 Å². The van der Waals surface area contributed by atoms with Crippen molar-refractivity contribution in [3.05, 3.63) is 42.3 Å². The quantitative estimate of drug-likeness (QED) is 0.644. The molecule has 4 rings (SSSR count). The van der Waals surface area contributed by atoms with Crippen LogP contribution in [0.4, 0.5) is 0 Å². The first kappa shape index (κ1) is 19.7. The molecule has 1 aliphatic carbocycles. The third-order valence-electron chi connectivity index (χ3n) is 5.39. The molecule has 1 aliphatic rings. The summed E-state index contributed by atoms with van der Waals surface area (Å²) in [5.41, 5.74) is 2.74. The fourth-order valence-electron chi connectivity index (χ4n) is 3.88. The summed E-state index contributed by atoms with van der Waals surface area (Å²) >= 11 is 1.66. The number of aromatic nitrogens is 4. The first-order valence-corrected chi connectivity index (χ1v) is 10.8. The maximum atomic E-state index is 12.6. The predicted octanol–water partition coefficient (Wildman–Crippen LogP) is 3.39. The van der Waals surface area contributed by atoms with Crippen LogP contribution < -0.4 is 5.32 Å². The van der Waals surface area contributed by atoms with E-state index in [9.17, 15) is 4.79 Å². The van der Waals surface area contributed by atoms with Gasteiger partial charge in [-0.3, -0.25) is 19.4 Å². The van der Waals surface area contributed by atoms with E-state index in [1.165, 1.54) is 0 Å². The van der Waals surface area contributed by atoms with Gasteiger partial charge in [-0.25, -0.2) is 0 Å². The number of nitrogens with zero attached hydrogens (tertiary/aromatic N) is 4. The third-order valence-corrected chi connectivity index (χ3v) is 6.26. The number of nitrogens with one attached hydrogen (secondary N) is 1. The molecule has 3 aromatic heterocycles. The van der Waals surface area contributed by atoms with Crippen LogP contribution in [0.5, 0.6) is 0 Å². The van der Waals surface area contributed by atoms with Gasteiger partial charge in [0.05, 0.1) is 41.3 Å². The van der Waals surface area contributed by atoms with Gasteiger partial charge in [0.1, 0.15) is 0 Å². The molecule has 0 bridgehead atoms. The molecule has 1 amide bonds. The first-order chi connectivity index (χ1) is 14.3. The molecular formula is C21H25N5O2S. The Morgan fingerprint density at radius 2 is 2.28 bits per heavy atom. The van der Waals surface area contributed by atoms with E-state index in [0.29, 0.717) is 13.1 Å². The highest BCUT2D eigenvalue weighted by Gasteiger charge is 2.27. The molecule has 0 radical (unpaired) electrons. The van der Waals surface area contributed by atoms with Crippen LogP contribution >= 0.6 is 11.3 Å². The van der Waals surface area contributed by atoms with E-state index in [1.54, 1.807) is 37.0 Å². The molecule has 3 aromatic rings. The zero-order valence-corrected chi connectivity index (χ0v) is 17.3. The van der Waals surface area contributed by atoms with Crippen molar-refractivity contribution in [2.24, 2.45) is 5.92 Å². The highest BCUT2D eigenvalue weighted by atomic mass is 32.1. The molecule has 1 N–H and O–H groups in total. The molecule has 8 heteroatoms. The number of carbonyl (C=O) groups excluding carboxylic acids is 1. The van der Waals surface area contributed by atoms with Crippen LogP contribution in [-0.2, 0) is 16.1 Å². The van der Waals surface area contributed by atoms with Gasteiger partial charge >= 0.3 is 0 Å². The number of ether oxygens (including phenoxy) is 1. The van der Waals surface area contributed by atoms with E-state index < -0.39 is 0 Å². The van der Waals surface area contributed by atoms with Crippen LogP contribution in [0.15, 0.2) is 42.3 Å². The van der Waals surface area contributed by atoms with E-state index in [1.807, 2.05) is 22.3 Å². The van der Waals surface area contributed by atoms with Gasteiger partial charge in [0.2, 0.25) is 5.91 Å². The summed E-state index contributed by atoms with van der Waals surface area (Å²) in [5.74, 6) is 0.156. The molecular weight excluding hydrogens is 386 g/mol. The van der Waals surface area contributed by atoms with Crippen molar-refractivity contribution in [2.75, 3.05) is 13.7 Å². The average Bonchev–Trinajstić information content (AvgIpc) is 3.44. The van der Waals surface area contributed by atoms with Gasteiger partial charge < -0.3 is 10.1 Å². The van der Waals surface area contributed by atoms with Gasteiger partial charge in [0.15, 0.2) is 0 Å². The van der Waals surface area contributed by atoms with E-state index in [2.05, 4.69) is 26.4 Å². The summed E-state index contributed by atoms with van der Waals surface area (Å²) < 4.78 is 7.38. The minimum atomic E-state index is 0.0400. The highest BCUT2D eigenvalue weighted by Crippen LogP contribution is 2.33. The number of thiophene rings is 1. The molecule has 1 saturated carbocycles. The minimum absolute atomic E-state index is 0.0400. The van der Waals surface area contributed by atoms with E-state index in [0.717, 1.165) is 47.5 Å². The van der Waals surface area contributed by atoms with Crippen molar-refractivity contribution in [2.45, 2.75) is 38.3 Å². The molecule has 2 atom stereocenters. The molecule has 0 spiro atoms. The van der Waals surface area contributed by atoms with Crippen molar-refractivity contribution in [1.82, 2.24) is 25.1 Å². The van der Waals surface area contributed by atoms with Crippen LogP contribution in [0.3, 0.4) is 0 Å². The van der Waals surface area contributed by atoms with Crippen LogP contribution in [0, 0.1) is 5.92 Å². The molecule has 1 fully saturated rings. The Morgan fingerprint density at radius 3 is 3.03 bits per heavy atom. The van der Waals surface area contributed by atoms with Gasteiger partial charge in [-0.15, -0.1) is 11.3 Å². The number of carbonyl (C=O) groups is 1. The number of amides is 1. The largest absolute Gasteiger partial charge is 0.381 e. The maximum absolute atomic E-state index is 12.6. The van der Waals surface area contributed by atoms with Crippen molar-refractivity contribution < 1.29 is 9.53 Å². The van der Waals surface area contributed by atoms with Gasteiger partial charge in [-0.1, -0.05) is 12.5 Å². The molecule has 3 heterocycles. The number of rotatable bonds is 7. The number of methoxy groups -OCH3 is 1. The van der Waals surface area contributed by atoms with Crippen LogP contribution in [-0.4, -0.2) is 45.4 Å². The molecule has 0 aromatic carbocycles. The van der Waals surface area contributed by atoms with Crippen molar-refractivity contribution >= 4 is 17.2 Å². The normalized spacial score (nSPS) is 19.2. The van der Waals surface area contributed by atoms with Gasteiger partial charge in [-0.05, 0) is 30.7 Å². The van der Waals surface area contributed by atoms with Gasteiger partial charge in [0, 0.05) is 37.5 Å². The van der Waals surface area contributed by atoms with Gasteiger partial charge in [0.25, 0.3) is 0 Å². The highest BCUT2D eigenvalue weighted by molar-refractivity contribution is 7.13. The molecule has 152 valence electrons. The summed E-state index contributed by atoms with van der Waals surface area (Å²) in [7, 11) is 1.73. The van der Waals surface area contributed by atoms with Crippen LogP contribution in [0.2, 0.25) is 0 Å². The summed E-state index contributed by atoms with van der Waals surface area (Å²) in [6.07, 6.45) is 10.9. The summed E-state index contributed by atoms with van der Waals surface area (Å²) in [6.45, 7) is 1.13. The molecule has 0 saturated heterocycles. The summed E-state index contributed by atoms with van der Waals surface area (Å²) in [5, 5.41) is 9.70. The maximum Gasteiger partial charge on any atom is 0.223 e. The van der Waals surface area contributed by atoms with E-state index in [-0.39, 0.29) is 17.9 Å². The lowest BCUT2D eigenvalue weighted by Gasteiger charge is -2.27. The zero-order valence-electron chi connectivity index (χ0n) is 16.5. The molecule has 7 nitrogen and oxygen atoms in total. The Bertz CT molecular complexity index is 926. The second kappa shape index (κ2) is 9.28. The fraction of sp³-hybridized carbons (Fsp3) is 0.429. The Labute approximate surface area is 174 Å². The summed E-state index contributed by atoms with van der Waals surface area (Å²) in [6, 6.07) is 4.10. The first-order valence-electron chi connectivity index (χ1n) is 9.93. The summed E-state index contributed by atoms with van der Waals surface area (Å²) in [4.78, 5) is 22.3. The SMILES string of the molecule is CO[C@@H]1CCC[C@H](C(=O)NCCn2ncc(-c3cnccn3)c2-c2cccs2)C1. The van der Waals surface area contributed by atoms with Crippen LogP contribution in [0.25, 0.3) is 21.8 Å². The van der Waals surface area contributed by atoms with Crippen LogP contribution in [0.1, 0.15) is 25.7 Å². The Kier molecular flexibility index (Phi) is 6.31. The fourth-order valence-corrected chi connectivity index (χ4v) is 4.67. The lowest BCUT2D eigenvalue weighted by molar-refractivity contribution is -0.127. The van der Waals surface area contributed by atoms with Gasteiger partial charge in [-0.2, -0.15) is 5.10 Å². The predicted molar refractivity (Wildman–Crippen MR) is 112 cm³/mol. The monoisotopic (exact) mass is 411 g/mol.